The lowest BCUT2D eigenvalue weighted by Gasteiger charge is -2.10. The summed E-state index contributed by atoms with van der Waals surface area (Å²) < 4.78 is 10.6. The Kier molecular flexibility index (Phi) is 7.02. The molecule has 0 atom stereocenters. The number of furan rings is 1. The molecule has 0 aliphatic heterocycles. The fourth-order valence-electron chi connectivity index (χ4n) is 3.48. The van der Waals surface area contributed by atoms with Crippen molar-refractivity contribution in [3.05, 3.63) is 77.6 Å². The molecule has 9 heteroatoms. The van der Waals surface area contributed by atoms with Gasteiger partial charge in [-0.2, -0.15) is 0 Å². The van der Waals surface area contributed by atoms with Gasteiger partial charge in [-0.25, -0.2) is 9.97 Å². The van der Waals surface area contributed by atoms with E-state index in [2.05, 4.69) is 30.6 Å². The number of nitrogens with one attached hydrogen (secondary N) is 3. The van der Waals surface area contributed by atoms with Gasteiger partial charge in [0, 0.05) is 41.1 Å². The van der Waals surface area contributed by atoms with E-state index >= 15 is 0 Å². The molecule has 1 aromatic carbocycles. The first-order valence-corrected chi connectivity index (χ1v) is 10.8. The zero-order valence-electron chi connectivity index (χ0n) is 19.3. The Balaban J connectivity index is 1.51. The maximum absolute atomic E-state index is 12.5. The number of fused-ring (bicyclic) bond motifs is 1. The number of hydrogen-bond acceptors (Lipinski definition) is 6. The minimum Gasteiger partial charge on any atom is -0.497 e. The molecule has 0 aliphatic rings. The molecule has 3 aromatic heterocycles. The summed E-state index contributed by atoms with van der Waals surface area (Å²) in [6, 6.07) is 11.3. The highest BCUT2D eigenvalue weighted by Gasteiger charge is 2.09. The second-order valence-electron chi connectivity index (χ2n) is 7.64. The molecule has 0 aliphatic carbocycles. The topological polar surface area (TPSA) is 117 Å². The molecule has 4 rings (SSSR count). The molecule has 0 saturated heterocycles. The van der Waals surface area contributed by atoms with Gasteiger partial charge in [0.25, 0.3) is 5.91 Å². The molecule has 4 aromatic rings. The third-order valence-corrected chi connectivity index (χ3v) is 5.02. The number of rotatable bonds is 7. The van der Waals surface area contributed by atoms with Crippen LogP contribution in [0.1, 0.15) is 22.7 Å². The van der Waals surface area contributed by atoms with Crippen molar-refractivity contribution >= 4 is 34.8 Å². The number of aliphatic imine (C=N–C) groups is 1. The number of carbonyl (C=O) groups is 1. The van der Waals surface area contributed by atoms with Crippen LogP contribution in [-0.4, -0.2) is 40.5 Å². The van der Waals surface area contributed by atoms with Crippen molar-refractivity contribution < 1.29 is 13.9 Å². The van der Waals surface area contributed by atoms with E-state index in [0.29, 0.717) is 24.7 Å². The molecular formula is C25H26N6O3. The highest BCUT2D eigenvalue weighted by Crippen LogP contribution is 2.24. The van der Waals surface area contributed by atoms with Gasteiger partial charge in [-0.15, -0.1) is 0 Å². The molecule has 3 heterocycles. The molecule has 0 unspecified atom stereocenters. The normalized spacial score (nSPS) is 11.8. The number of carbonyl (C=O) groups excluding carboxylic acids is 1. The van der Waals surface area contributed by atoms with Gasteiger partial charge in [0.05, 0.1) is 13.4 Å². The van der Waals surface area contributed by atoms with Crippen molar-refractivity contribution in [1.29, 1.82) is 0 Å². The Morgan fingerprint density at radius 2 is 2.03 bits per heavy atom. The number of amides is 1. The summed E-state index contributed by atoms with van der Waals surface area (Å²) in [5.74, 6) is 1.64. The Bertz CT molecular complexity index is 1320. The van der Waals surface area contributed by atoms with Gasteiger partial charge in [-0.05, 0) is 68.3 Å². The molecule has 0 fully saturated rings. The van der Waals surface area contributed by atoms with Crippen molar-refractivity contribution in [3.63, 3.8) is 0 Å². The number of methoxy groups -OCH3 is 1. The Hall–Kier alpha value is -4.40. The zero-order valence-corrected chi connectivity index (χ0v) is 19.3. The number of anilines is 1. The summed E-state index contributed by atoms with van der Waals surface area (Å²) in [6.07, 6.45) is 7.13. The number of H-pyrrole nitrogens is 1. The summed E-state index contributed by atoms with van der Waals surface area (Å²) in [5, 5.41) is 6.87. The lowest BCUT2D eigenvalue weighted by Crippen LogP contribution is -2.35. The van der Waals surface area contributed by atoms with Crippen LogP contribution in [0.15, 0.2) is 64.3 Å². The van der Waals surface area contributed by atoms with Gasteiger partial charge in [0.2, 0.25) is 11.9 Å². The van der Waals surface area contributed by atoms with Crippen LogP contribution in [0.5, 0.6) is 5.75 Å². The molecule has 0 saturated carbocycles. The Labute approximate surface area is 197 Å². The van der Waals surface area contributed by atoms with E-state index in [1.54, 1.807) is 31.6 Å². The van der Waals surface area contributed by atoms with Crippen LogP contribution in [0.25, 0.3) is 17.0 Å². The number of aromatic nitrogens is 3. The van der Waals surface area contributed by atoms with E-state index in [1.807, 2.05) is 44.3 Å². The molecule has 0 spiro atoms. The number of benzene rings is 1. The average Bonchev–Trinajstić information content (AvgIpc) is 3.46. The van der Waals surface area contributed by atoms with Crippen molar-refractivity contribution in [2.45, 2.75) is 20.3 Å². The smallest absolute Gasteiger partial charge is 0.250 e. The van der Waals surface area contributed by atoms with Gasteiger partial charge in [0.15, 0.2) is 0 Å². The molecule has 9 nitrogen and oxygen atoms in total. The van der Waals surface area contributed by atoms with Gasteiger partial charge in [-0.3, -0.25) is 20.4 Å². The predicted octanol–water partition coefficient (Wildman–Crippen LogP) is 4.02. The lowest BCUT2D eigenvalue weighted by molar-refractivity contribution is -0.115. The summed E-state index contributed by atoms with van der Waals surface area (Å²) >= 11 is 0. The fraction of sp³-hybridized carbons (Fsp3) is 0.200. The molecule has 3 N–H and O–H groups in total. The van der Waals surface area contributed by atoms with Crippen LogP contribution in [-0.2, 0) is 11.2 Å². The van der Waals surface area contributed by atoms with Crippen molar-refractivity contribution in [2.24, 2.45) is 4.99 Å². The van der Waals surface area contributed by atoms with E-state index in [0.717, 1.165) is 33.6 Å². The molecule has 1 amide bonds. The van der Waals surface area contributed by atoms with Crippen LogP contribution in [0.2, 0.25) is 0 Å². The standard InChI is InChI=1S/C25H26N6O3/c1-16-13-17(2)29-25(28-16)31-24(30-23(32)9-7-19-5-4-12-34-19)26-11-10-18-15-27-22-8-6-20(33-3)14-21(18)22/h4-9,12-15,27H,10-11H2,1-3H3,(H2,26,28,29,30,31,32)/b9-7+. The van der Waals surface area contributed by atoms with Crippen molar-refractivity contribution in [1.82, 2.24) is 20.3 Å². The second kappa shape index (κ2) is 10.5. The summed E-state index contributed by atoms with van der Waals surface area (Å²) in [6.45, 7) is 4.19. The minimum absolute atomic E-state index is 0.261. The van der Waals surface area contributed by atoms with Gasteiger partial charge >= 0.3 is 0 Å². The number of nitrogens with zero attached hydrogens (tertiary/aromatic N) is 3. The average molecular weight is 459 g/mol. The van der Waals surface area contributed by atoms with E-state index < -0.39 is 0 Å². The van der Waals surface area contributed by atoms with E-state index in [9.17, 15) is 4.79 Å². The highest BCUT2D eigenvalue weighted by atomic mass is 16.5. The van der Waals surface area contributed by atoms with Crippen LogP contribution in [0, 0.1) is 13.8 Å². The summed E-state index contributed by atoms with van der Waals surface area (Å²) in [5.41, 5.74) is 3.75. The maximum Gasteiger partial charge on any atom is 0.250 e. The summed E-state index contributed by atoms with van der Waals surface area (Å²) in [7, 11) is 1.65. The van der Waals surface area contributed by atoms with Crippen molar-refractivity contribution in [2.75, 3.05) is 19.0 Å². The molecule has 34 heavy (non-hydrogen) atoms. The largest absolute Gasteiger partial charge is 0.497 e. The first-order valence-electron chi connectivity index (χ1n) is 10.8. The number of guanidine groups is 1. The van der Waals surface area contributed by atoms with Crippen LogP contribution >= 0.6 is 0 Å². The first kappa shape index (κ1) is 22.8. The quantitative estimate of drug-likeness (QED) is 0.219. The minimum atomic E-state index is -0.358. The van der Waals surface area contributed by atoms with Crippen LogP contribution in [0.4, 0.5) is 5.95 Å². The number of hydrogen-bond donors (Lipinski definition) is 3. The maximum atomic E-state index is 12.5. The monoisotopic (exact) mass is 458 g/mol. The van der Waals surface area contributed by atoms with Gasteiger partial charge in [-0.1, -0.05) is 0 Å². The third kappa shape index (κ3) is 5.89. The van der Waals surface area contributed by atoms with Crippen LogP contribution < -0.4 is 15.4 Å². The Morgan fingerprint density at radius 1 is 1.21 bits per heavy atom. The van der Waals surface area contributed by atoms with E-state index in [1.165, 1.54) is 6.08 Å². The number of ether oxygens (including phenoxy) is 1. The molecule has 0 bridgehead atoms. The van der Waals surface area contributed by atoms with Gasteiger partial charge in [0.1, 0.15) is 11.5 Å². The fourth-order valence-corrected chi connectivity index (χ4v) is 3.48. The van der Waals surface area contributed by atoms with Crippen LogP contribution in [0.3, 0.4) is 0 Å². The SMILES string of the molecule is COc1ccc2[nH]cc(CCN=C(NC(=O)/C=C/c3ccco3)Nc3nc(C)cc(C)n3)c2c1. The second-order valence-corrected chi connectivity index (χ2v) is 7.64. The molecule has 0 radical (unpaired) electrons. The summed E-state index contributed by atoms with van der Waals surface area (Å²) in [4.78, 5) is 29.1. The highest BCUT2D eigenvalue weighted by molar-refractivity contribution is 6.08. The van der Waals surface area contributed by atoms with E-state index in [4.69, 9.17) is 9.15 Å². The number of aromatic amines is 1. The van der Waals surface area contributed by atoms with E-state index in [-0.39, 0.29) is 11.9 Å². The molecule has 174 valence electrons. The first-order chi connectivity index (χ1) is 16.5. The predicted molar refractivity (Wildman–Crippen MR) is 132 cm³/mol. The Morgan fingerprint density at radius 3 is 2.76 bits per heavy atom. The number of aryl methyl sites for hydroxylation is 2. The van der Waals surface area contributed by atoms with Crippen molar-refractivity contribution in [3.8, 4) is 5.75 Å². The molecular weight excluding hydrogens is 432 g/mol. The third-order valence-electron chi connectivity index (χ3n) is 5.02. The zero-order chi connectivity index (χ0) is 23.9. The van der Waals surface area contributed by atoms with Gasteiger partial charge < -0.3 is 14.1 Å². The lowest BCUT2D eigenvalue weighted by atomic mass is 10.1.